The van der Waals surface area contributed by atoms with E-state index in [9.17, 15) is 4.79 Å². The molecule has 0 saturated heterocycles. The molecular formula is C19H26N2O6. The molecule has 0 fully saturated rings. The molecule has 8 nitrogen and oxygen atoms in total. The molecule has 0 aliphatic carbocycles. The van der Waals surface area contributed by atoms with Crippen molar-refractivity contribution in [3.63, 3.8) is 0 Å². The second-order valence-corrected chi connectivity index (χ2v) is 5.65. The summed E-state index contributed by atoms with van der Waals surface area (Å²) >= 11 is 0. The van der Waals surface area contributed by atoms with Gasteiger partial charge in [0.15, 0.2) is 11.5 Å². The van der Waals surface area contributed by atoms with Gasteiger partial charge in [-0.25, -0.2) is 4.79 Å². The first-order valence-electron chi connectivity index (χ1n) is 8.38. The van der Waals surface area contributed by atoms with Crippen LogP contribution in [0.25, 0.3) is 11.1 Å². The molecule has 0 atom stereocenters. The Morgan fingerprint density at radius 3 is 2.26 bits per heavy atom. The van der Waals surface area contributed by atoms with Crippen LogP contribution in [0.5, 0.6) is 17.2 Å². The van der Waals surface area contributed by atoms with Gasteiger partial charge in [-0.1, -0.05) is 0 Å². The largest absolute Gasteiger partial charge is 0.493 e. The Bertz CT molecular complexity index is 800. The number of nitrogens with one attached hydrogen (secondary N) is 1. The molecule has 2 aromatic rings. The maximum absolute atomic E-state index is 12.3. The highest BCUT2D eigenvalue weighted by Gasteiger charge is 2.27. The lowest BCUT2D eigenvalue weighted by Crippen LogP contribution is -2.07. The van der Waals surface area contributed by atoms with E-state index in [0.717, 1.165) is 16.7 Å². The second kappa shape index (κ2) is 9.29. The minimum Gasteiger partial charge on any atom is -0.493 e. The standard InChI is InChI=1S/C19H26N2O6/c1-23-9-8-11-15(13(10-20)21-16(11)19(22)27-5)12-6-7-14(24-2)18(26-4)17(12)25-3/h6-7,21H,8-10,20H2,1-5H3. The fourth-order valence-electron chi connectivity index (χ4n) is 3.10. The molecule has 0 aliphatic rings. The Hall–Kier alpha value is -2.71. The summed E-state index contributed by atoms with van der Waals surface area (Å²) in [7, 11) is 7.58. The topological polar surface area (TPSA) is 105 Å². The summed E-state index contributed by atoms with van der Waals surface area (Å²) in [6, 6.07) is 3.63. The fourth-order valence-corrected chi connectivity index (χ4v) is 3.10. The van der Waals surface area contributed by atoms with E-state index >= 15 is 0 Å². The van der Waals surface area contributed by atoms with Gasteiger partial charge in [-0.05, 0) is 24.1 Å². The Morgan fingerprint density at radius 2 is 1.74 bits per heavy atom. The smallest absolute Gasteiger partial charge is 0.354 e. The molecular weight excluding hydrogens is 352 g/mol. The van der Waals surface area contributed by atoms with Crippen molar-refractivity contribution in [2.75, 3.05) is 42.2 Å². The summed E-state index contributed by atoms with van der Waals surface area (Å²) in [5.74, 6) is 1.01. The number of carbonyl (C=O) groups is 1. The molecule has 1 aromatic carbocycles. The number of ether oxygens (including phenoxy) is 5. The molecule has 1 aromatic heterocycles. The van der Waals surface area contributed by atoms with Gasteiger partial charge in [0, 0.05) is 30.5 Å². The highest BCUT2D eigenvalue weighted by molar-refractivity contribution is 5.94. The Balaban J connectivity index is 2.80. The molecule has 2 rings (SSSR count). The number of nitrogens with two attached hydrogens (primary N) is 1. The van der Waals surface area contributed by atoms with E-state index in [2.05, 4.69) is 4.98 Å². The van der Waals surface area contributed by atoms with Crippen molar-refractivity contribution in [2.24, 2.45) is 5.73 Å². The molecule has 0 aliphatic heterocycles. The number of rotatable bonds is 9. The molecule has 0 radical (unpaired) electrons. The van der Waals surface area contributed by atoms with Crippen LogP contribution in [0.2, 0.25) is 0 Å². The number of aromatic amines is 1. The number of methoxy groups -OCH3 is 5. The van der Waals surface area contributed by atoms with Crippen LogP contribution in [0.1, 0.15) is 21.7 Å². The summed E-state index contributed by atoms with van der Waals surface area (Å²) in [6.07, 6.45) is 0.490. The quantitative estimate of drug-likeness (QED) is 0.644. The molecule has 8 heteroatoms. The number of esters is 1. The summed E-state index contributed by atoms with van der Waals surface area (Å²) in [6.45, 7) is 0.623. The summed E-state index contributed by atoms with van der Waals surface area (Å²) < 4.78 is 26.6. The third-order valence-corrected chi connectivity index (χ3v) is 4.30. The molecule has 0 saturated carbocycles. The predicted molar refractivity (Wildman–Crippen MR) is 101 cm³/mol. The minimum absolute atomic E-state index is 0.198. The van der Waals surface area contributed by atoms with Crippen molar-refractivity contribution in [3.8, 4) is 28.4 Å². The molecule has 0 unspecified atom stereocenters. The van der Waals surface area contributed by atoms with Crippen LogP contribution in [0.15, 0.2) is 12.1 Å². The van der Waals surface area contributed by atoms with E-state index in [-0.39, 0.29) is 6.54 Å². The van der Waals surface area contributed by atoms with Gasteiger partial charge in [-0.2, -0.15) is 0 Å². The van der Waals surface area contributed by atoms with Gasteiger partial charge >= 0.3 is 5.97 Å². The second-order valence-electron chi connectivity index (χ2n) is 5.65. The van der Waals surface area contributed by atoms with Crippen molar-refractivity contribution in [1.82, 2.24) is 4.98 Å². The van der Waals surface area contributed by atoms with E-state index in [1.807, 2.05) is 6.07 Å². The van der Waals surface area contributed by atoms with E-state index in [1.165, 1.54) is 14.2 Å². The maximum Gasteiger partial charge on any atom is 0.354 e. The van der Waals surface area contributed by atoms with E-state index in [0.29, 0.717) is 41.7 Å². The molecule has 148 valence electrons. The van der Waals surface area contributed by atoms with E-state index < -0.39 is 5.97 Å². The zero-order valence-corrected chi connectivity index (χ0v) is 16.3. The van der Waals surface area contributed by atoms with Crippen LogP contribution in [0.3, 0.4) is 0 Å². The number of H-pyrrole nitrogens is 1. The number of hydrogen-bond donors (Lipinski definition) is 2. The zero-order valence-electron chi connectivity index (χ0n) is 16.3. The minimum atomic E-state index is -0.471. The molecule has 0 spiro atoms. The highest BCUT2D eigenvalue weighted by atomic mass is 16.5. The highest BCUT2D eigenvalue weighted by Crippen LogP contribution is 2.46. The van der Waals surface area contributed by atoms with Crippen LogP contribution in [-0.4, -0.2) is 53.1 Å². The first-order valence-corrected chi connectivity index (χ1v) is 8.38. The number of benzene rings is 1. The molecule has 0 amide bonds. The van der Waals surface area contributed by atoms with E-state index in [1.54, 1.807) is 27.4 Å². The van der Waals surface area contributed by atoms with Crippen LogP contribution < -0.4 is 19.9 Å². The number of carbonyl (C=O) groups excluding carboxylic acids is 1. The van der Waals surface area contributed by atoms with Crippen LogP contribution in [0.4, 0.5) is 0 Å². The van der Waals surface area contributed by atoms with Gasteiger partial charge < -0.3 is 34.4 Å². The van der Waals surface area contributed by atoms with Crippen molar-refractivity contribution in [3.05, 3.63) is 29.1 Å². The van der Waals surface area contributed by atoms with Crippen molar-refractivity contribution in [2.45, 2.75) is 13.0 Å². The summed E-state index contributed by atoms with van der Waals surface area (Å²) in [5, 5.41) is 0. The fraction of sp³-hybridized carbons (Fsp3) is 0.421. The lowest BCUT2D eigenvalue weighted by molar-refractivity contribution is 0.0593. The van der Waals surface area contributed by atoms with Gasteiger partial charge in [0.05, 0.1) is 35.0 Å². The molecule has 3 N–H and O–H groups in total. The van der Waals surface area contributed by atoms with Crippen molar-refractivity contribution in [1.29, 1.82) is 0 Å². The van der Waals surface area contributed by atoms with Gasteiger partial charge in [0.1, 0.15) is 5.69 Å². The average molecular weight is 378 g/mol. The van der Waals surface area contributed by atoms with Gasteiger partial charge in [0.2, 0.25) is 5.75 Å². The van der Waals surface area contributed by atoms with Gasteiger partial charge in [-0.15, -0.1) is 0 Å². The molecule has 27 heavy (non-hydrogen) atoms. The summed E-state index contributed by atoms with van der Waals surface area (Å²) in [4.78, 5) is 15.4. The van der Waals surface area contributed by atoms with Crippen LogP contribution >= 0.6 is 0 Å². The van der Waals surface area contributed by atoms with E-state index in [4.69, 9.17) is 29.4 Å². The zero-order chi connectivity index (χ0) is 20.0. The first-order chi connectivity index (χ1) is 13.1. The third kappa shape index (κ3) is 3.86. The lowest BCUT2D eigenvalue weighted by atomic mass is 9.96. The van der Waals surface area contributed by atoms with Crippen LogP contribution in [0, 0.1) is 0 Å². The predicted octanol–water partition coefficient (Wildman–Crippen LogP) is 2.14. The Kier molecular flexibility index (Phi) is 7.09. The van der Waals surface area contributed by atoms with Crippen molar-refractivity contribution < 1.29 is 28.5 Å². The SMILES string of the molecule is COCCc1c(C(=O)OC)[nH]c(CN)c1-c1ccc(OC)c(OC)c1OC. The Labute approximate surface area is 158 Å². The normalized spacial score (nSPS) is 10.6. The molecule has 0 bridgehead atoms. The number of aromatic nitrogens is 1. The van der Waals surface area contributed by atoms with Crippen molar-refractivity contribution >= 4 is 5.97 Å². The first kappa shape index (κ1) is 20.6. The monoisotopic (exact) mass is 378 g/mol. The Morgan fingerprint density at radius 1 is 1.04 bits per heavy atom. The van der Waals surface area contributed by atoms with Crippen LogP contribution in [-0.2, 0) is 22.4 Å². The van der Waals surface area contributed by atoms with Gasteiger partial charge in [0.25, 0.3) is 0 Å². The molecule has 1 heterocycles. The average Bonchev–Trinajstić information content (AvgIpc) is 3.08. The maximum atomic E-state index is 12.3. The summed E-state index contributed by atoms with van der Waals surface area (Å²) in [5.41, 5.74) is 9.23. The van der Waals surface area contributed by atoms with Gasteiger partial charge in [-0.3, -0.25) is 0 Å². The third-order valence-electron chi connectivity index (χ3n) is 4.30. The number of hydrogen-bond acceptors (Lipinski definition) is 7. The lowest BCUT2D eigenvalue weighted by Gasteiger charge is -2.17.